The van der Waals surface area contributed by atoms with E-state index in [4.69, 9.17) is 9.47 Å². The van der Waals surface area contributed by atoms with E-state index >= 15 is 0 Å². The number of halogens is 2. The Bertz CT molecular complexity index is 358. The summed E-state index contributed by atoms with van der Waals surface area (Å²) in [6.07, 6.45) is -0.528. The highest BCUT2D eigenvalue weighted by molar-refractivity contribution is 9.10. The van der Waals surface area contributed by atoms with E-state index in [1.807, 2.05) is 0 Å². The van der Waals surface area contributed by atoms with E-state index in [9.17, 15) is 9.50 Å². The van der Waals surface area contributed by atoms with Crippen molar-refractivity contribution in [2.75, 3.05) is 14.2 Å². The number of methoxy groups -OCH3 is 2. The number of hydrogen-bond donors (Lipinski definition) is 1. The van der Waals surface area contributed by atoms with Crippen molar-refractivity contribution in [1.29, 1.82) is 0 Å². The van der Waals surface area contributed by atoms with Crippen LogP contribution in [0.4, 0.5) is 4.39 Å². The van der Waals surface area contributed by atoms with Crippen molar-refractivity contribution in [2.24, 2.45) is 0 Å². The molecule has 0 spiro atoms. The summed E-state index contributed by atoms with van der Waals surface area (Å²) in [6, 6.07) is 4.49. The fraction of sp³-hybridized carbons (Fsp3) is 0.500. The molecule has 0 amide bonds. The van der Waals surface area contributed by atoms with Gasteiger partial charge in [-0.05, 0) is 30.7 Å². The SMILES string of the molecule is COC(OC)C(C)(O)Cc1cc(F)cc(Br)c1. The van der Waals surface area contributed by atoms with Gasteiger partial charge in [-0.15, -0.1) is 0 Å². The first kappa shape index (κ1) is 14.6. The molecule has 1 N–H and O–H groups in total. The molecule has 17 heavy (non-hydrogen) atoms. The molecule has 5 heteroatoms. The van der Waals surface area contributed by atoms with E-state index in [1.165, 1.54) is 26.4 Å². The minimum atomic E-state index is -1.23. The summed E-state index contributed by atoms with van der Waals surface area (Å²) in [7, 11) is 2.90. The van der Waals surface area contributed by atoms with Crippen LogP contribution < -0.4 is 0 Å². The molecule has 1 rings (SSSR count). The number of benzene rings is 1. The van der Waals surface area contributed by atoms with Crippen molar-refractivity contribution in [1.82, 2.24) is 0 Å². The highest BCUT2D eigenvalue weighted by Crippen LogP contribution is 2.23. The van der Waals surface area contributed by atoms with Crippen LogP contribution in [-0.4, -0.2) is 31.2 Å². The first-order valence-corrected chi connectivity index (χ1v) is 5.91. The Morgan fingerprint density at radius 2 is 1.94 bits per heavy atom. The number of hydrogen-bond acceptors (Lipinski definition) is 3. The van der Waals surface area contributed by atoms with Crippen molar-refractivity contribution in [2.45, 2.75) is 25.2 Å². The van der Waals surface area contributed by atoms with Gasteiger partial charge in [0, 0.05) is 25.1 Å². The molecule has 0 saturated heterocycles. The van der Waals surface area contributed by atoms with E-state index in [0.29, 0.717) is 10.0 Å². The lowest BCUT2D eigenvalue weighted by atomic mass is 9.96. The molecule has 3 nitrogen and oxygen atoms in total. The first-order chi connectivity index (χ1) is 7.89. The van der Waals surface area contributed by atoms with Gasteiger partial charge in [-0.1, -0.05) is 15.9 Å². The van der Waals surface area contributed by atoms with Gasteiger partial charge in [0.2, 0.25) is 0 Å². The molecule has 0 fully saturated rings. The van der Waals surface area contributed by atoms with Gasteiger partial charge in [0.25, 0.3) is 0 Å². The second-order valence-corrected chi connectivity index (χ2v) is 5.03. The third kappa shape index (κ3) is 4.03. The van der Waals surface area contributed by atoms with Crippen molar-refractivity contribution in [3.05, 3.63) is 34.1 Å². The summed E-state index contributed by atoms with van der Waals surface area (Å²) < 4.78 is 23.9. The zero-order chi connectivity index (χ0) is 13.1. The quantitative estimate of drug-likeness (QED) is 0.850. The topological polar surface area (TPSA) is 38.7 Å². The summed E-state index contributed by atoms with van der Waals surface area (Å²) in [5, 5.41) is 10.2. The van der Waals surface area contributed by atoms with Crippen molar-refractivity contribution in [3.63, 3.8) is 0 Å². The minimum Gasteiger partial charge on any atom is -0.385 e. The van der Waals surface area contributed by atoms with Gasteiger partial charge in [0.1, 0.15) is 11.4 Å². The highest BCUT2D eigenvalue weighted by atomic mass is 79.9. The molecule has 1 unspecified atom stereocenters. The number of aliphatic hydroxyl groups is 1. The van der Waals surface area contributed by atoms with Gasteiger partial charge < -0.3 is 14.6 Å². The third-order valence-electron chi connectivity index (χ3n) is 2.42. The van der Waals surface area contributed by atoms with Crippen molar-refractivity contribution in [3.8, 4) is 0 Å². The van der Waals surface area contributed by atoms with Crippen LogP contribution >= 0.6 is 15.9 Å². The maximum absolute atomic E-state index is 13.2. The summed E-state index contributed by atoms with van der Waals surface area (Å²) in [5.41, 5.74) is -0.558. The molecule has 1 atom stereocenters. The molecule has 1 aromatic carbocycles. The van der Waals surface area contributed by atoms with Gasteiger partial charge in [-0.2, -0.15) is 0 Å². The second kappa shape index (κ2) is 5.91. The van der Waals surface area contributed by atoms with Gasteiger partial charge in [0.15, 0.2) is 6.29 Å². The fourth-order valence-electron chi connectivity index (χ4n) is 1.81. The molecule has 1 aromatic rings. The van der Waals surface area contributed by atoms with Gasteiger partial charge in [0.05, 0.1) is 0 Å². The molecule has 0 bridgehead atoms. The zero-order valence-corrected chi connectivity index (χ0v) is 11.6. The Kier molecular flexibility index (Phi) is 5.06. The Hall–Kier alpha value is -0.490. The van der Waals surface area contributed by atoms with Crippen LogP contribution in [0, 0.1) is 5.82 Å². The lowest BCUT2D eigenvalue weighted by Gasteiger charge is -2.30. The van der Waals surface area contributed by atoms with Gasteiger partial charge in [-0.3, -0.25) is 0 Å². The minimum absolute atomic E-state index is 0.232. The number of rotatable bonds is 5. The highest BCUT2D eigenvalue weighted by Gasteiger charge is 2.32. The molecule has 0 aliphatic heterocycles. The van der Waals surface area contributed by atoms with Crippen LogP contribution in [0.3, 0.4) is 0 Å². The average molecular weight is 307 g/mol. The maximum Gasteiger partial charge on any atom is 0.185 e. The molecule has 96 valence electrons. The maximum atomic E-state index is 13.2. The molecule has 0 radical (unpaired) electrons. The lowest BCUT2D eigenvalue weighted by Crippen LogP contribution is -2.43. The normalized spacial score (nSPS) is 15.0. The molecule has 0 aliphatic carbocycles. The predicted octanol–water partition coefficient (Wildman–Crippen LogP) is 2.50. The Morgan fingerprint density at radius 3 is 2.41 bits per heavy atom. The van der Waals surface area contributed by atoms with Crippen LogP contribution in [0.2, 0.25) is 0 Å². The van der Waals surface area contributed by atoms with Crippen LogP contribution in [0.5, 0.6) is 0 Å². The molecule has 0 aliphatic rings. The molecule has 0 heterocycles. The van der Waals surface area contributed by atoms with E-state index in [1.54, 1.807) is 13.0 Å². The van der Waals surface area contributed by atoms with Crippen molar-refractivity contribution >= 4 is 15.9 Å². The number of ether oxygens (including phenoxy) is 2. The Balaban J connectivity index is 2.88. The average Bonchev–Trinajstić information content (AvgIpc) is 2.15. The van der Waals surface area contributed by atoms with Gasteiger partial charge >= 0.3 is 0 Å². The van der Waals surface area contributed by atoms with Gasteiger partial charge in [-0.25, -0.2) is 4.39 Å². The third-order valence-corrected chi connectivity index (χ3v) is 2.88. The smallest absolute Gasteiger partial charge is 0.185 e. The van der Waals surface area contributed by atoms with Crippen LogP contribution in [0.1, 0.15) is 12.5 Å². The summed E-state index contributed by atoms with van der Waals surface area (Å²) in [5.74, 6) is -0.350. The van der Waals surface area contributed by atoms with Crippen LogP contribution in [0.15, 0.2) is 22.7 Å². The van der Waals surface area contributed by atoms with Crippen LogP contribution in [0.25, 0.3) is 0 Å². The van der Waals surface area contributed by atoms with Crippen molar-refractivity contribution < 1.29 is 19.0 Å². The zero-order valence-electron chi connectivity index (χ0n) is 10.0. The Morgan fingerprint density at radius 1 is 1.35 bits per heavy atom. The van der Waals surface area contributed by atoms with Crippen LogP contribution in [-0.2, 0) is 15.9 Å². The summed E-state index contributed by atoms with van der Waals surface area (Å²) in [6.45, 7) is 1.59. The molecular weight excluding hydrogens is 291 g/mol. The largest absolute Gasteiger partial charge is 0.385 e. The molecular formula is C12H16BrFO3. The van der Waals surface area contributed by atoms with E-state index in [0.717, 1.165) is 0 Å². The second-order valence-electron chi connectivity index (χ2n) is 4.11. The van der Waals surface area contributed by atoms with E-state index in [2.05, 4.69) is 15.9 Å². The lowest BCUT2D eigenvalue weighted by molar-refractivity contribution is -0.207. The fourth-order valence-corrected chi connectivity index (χ4v) is 2.33. The standard InChI is InChI=1S/C12H16BrFO3/c1-12(15,11(16-2)17-3)7-8-4-9(13)6-10(14)5-8/h4-6,11,15H,7H2,1-3H3. The molecule has 0 aromatic heterocycles. The Labute approximate surface area is 109 Å². The predicted molar refractivity (Wildman–Crippen MR) is 66.2 cm³/mol. The first-order valence-electron chi connectivity index (χ1n) is 5.12. The summed E-state index contributed by atoms with van der Waals surface area (Å²) >= 11 is 3.21. The van der Waals surface area contributed by atoms with E-state index in [-0.39, 0.29) is 12.2 Å². The molecule has 0 saturated carbocycles. The van der Waals surface area contributed by atoms with E-state index < -0.39 is 11.9 Å². The summed E-state index contributed by atoms with van der Waals surface area (Å²) in [4.78, 5) is 0. The monoisotopic (exact) mass is 306 g/mol.